The first-order chi connectivity index (χ1) is 11.9. The third kappa shape index (κ3) is 3.96. The van der Waals surface area contributed by atoms with Crippen molar-refractivity contribution in [3.05, 3.63) is 64.3 Å². The van der Waals surface area contributed by atoms with Crippen LogP contribution >= 0.6 is 15.9 Å². The third-order valence-electron chi connectivity index (χ3n) is 4.32. The van der Waals surface area contributed by atoms with Gasteiger partial charge >= 0.3 is 0 Å². The molecule has 0 atom stereocenters. The largest absolute Gasteiger partial charge is 0.492 e. The Balaban J connectivity index is 1.70. The van der Waals surface area contributed by atoms with Crippen LogP contribution in [0, 0.1) is 0 Å². The summed E-state index contributed by atoms with van der Waals surface area (Å²) in [5, 5.41) is 0.957. The molecule has 0 saturated heterocycles. The highest BCUT2D eigenvalue weighted by Crippen LogP contribution is 2.26. The lowest BCUT2D eigenvalue weighted by Gasteiger charge is -2.19. The van der Waals surface area contributed by atoms with E-state index >= 15 is 0 Å². The summed E-state index contributed by atoms with van der Waals surface area (Å²) in [6.45, 7) is 7.83. The molecule has 1 heterocycles. The summed E-state index contributed by atoms with van der Waals surface area (Å²) in [6, 6.07) is 14.2. The fourth-order valence-electron chi connectivity index (χ4n) is 2.89. The summed E-state index contributed by atoms with van der Waals surface area (Å²) in [4.78, 5) is 11.3. The van der Waals surface area contributed by atoms with Crippen molar-refractivity contribution >= 4 is 33.1 Å². The number of carbonyl (C=O) groups excluding carboxylic acids is 1. The summed E-state index contributed by atoms with van der Waals surface area (Å²) in [5.41, 5.74) is 3.17. The van der Waals surface area contributed by atoms with Crippen molar-refractivity contribution in [3.8, 4) is 5.75 Å². The SMILES string of the molecule is CC(C)(C)c1ccc(OCCn2cc(C=O)c3cc(Br)ccc32)cc1. The van der Waals surface area contributed by atoms with Gasteiger partial charge in [0.05, 0.1) is 6.54 Å². The molecule has 0 saturated carbocycles. The first-order valence-electron chi connectivity index (χ1n) is 8.35. The number of benzene rings is 2. The van der Waals surface area contributed by atoms with E-state index in [2.05, 4.69) is 53.4 Å². The number of aromatic nitrogens is 1. The quantitative estimate of drug-likeness (QED) is 0.523. The third-order valence-corrected chi connectivity index (χ3v) is 4.82. The molecule has 1 aromatic heterocycles. The van der Waals surface area contributed by atoms with Crippen LogP contribution in [-0.4, -0.2) is 17.5 Å². The van der Waals surface area contributed by atoms with Gasteiger partial charge in [-0.2, -0.15) is 0 Å². The van der Waals surface area contributed by atoms with Gasteiger partial charge in [0.1, 0.15) is 12.4 Å². The van der Waals surface area contributed by atoms with Gasteiger partial charge in [-0.3, -0.25) is 4.79 Å². The second-order valence-electron chi connectivity index (χ2n) is 7.18. The zero-order valence-corrected chi connectivity index (χ0v) is 16.3. The Morgan fingerprint density at radius 2 is 1.84 bits per heavy atom. The maximum absolute atomic E-state index is 11.3. The Hall–Kier alpha value is -2.07. The van der Waals surface area contributed by atoms with Gasteiger partial charge in [0.25, 0.3) is 0 Å². The normalized spacial score (nSPS) is 11.7. The molecule has 0 aliphatic heterocycles. The second-order valence-corrected chi connectivity index (χ2v) is 8.10. The highest BCUT2D eigenvalue weighted by molar-refractivity contribution is 9.10. The fourth-order valence-corrected chi connectivity index (χ4v) is 3.25. The molecular weight excluding hydrogens is 378 g/mol. The van der Waals surface area contributed by atoms with Gasteiger partial charge in [0.15, 0.2) is 6.29 Å². The molecule has 0 unspecified atom stereocenters. The van der Waals surface area contributed by atoms with Gasteiger partial charge in [-0.15, -0.1) is 0 Å². The van der Waals surface area contributed by atoms with Crippen LogP contribution in [-0.2, 0) is 12.0 Å². The predicted octanol–water partition coefficient (Wildman–Crippen LogP) is 5.59. The molecule has 0 radical (unpaired) electrons. The average molecular weight is 400 g/mol. The first kappa shape index (κ1) is 17.7. The molecule has 0 aliphatic carbocycles. The van der Waals surface area contributed by atoms with E-state index in [4.69, 9.17) is 4.74 Å². The van der Waals surface area contributed by atoms with E-state index in [0.29, 0.717) is 18.7 Å². The number of rotatable bonds is 5. The van der Waals surface area contributed by atoms with Gasteiger partial charge in [0.2, 0.25) is 0 Å². The minimum absolute atomic E-state index is 0.141. The van der Waals surface area contributed by atoms with Crippen LogP contribution in [0.5, 0.6) is 5.75 Å². The van der Waals surface area contributed by atoms with E-state index in [1.54, 1.807) is 0 Å². The lowest BCUT2D eigenvalue weighted by Crippen LogP contribution is -2.11. The molecule has 130 valence electrons. The Labute approximate surface area is 156 Å². The Kier molecular flexibility index (Phi) is 5.00. The van der Waals surface area contributed by atoms with E-state index in [0.717, 1.165) is 27.4 Å². The van der Waals surface area contributed by atoms with E-state index < -0.39 is 0 Å². The monoisotopic (exact) mass is 399 g/mol. The van der Waals surface area contributed by atoms with Gasteiger partial charge < -0.3 is 9.30 Å². The zero-order chi connectivity index (χ0) is 18.0. The van der Waals surface area contributed by atoms with E-state index in [1.165, 1.54) is 5.56 Å². The summed E-state index contributed by atoms with van der Waals surface area (Å²) < 4.78 is 8.91. The molecule has 0 spiro atoms. The van der Waals surface area contributed by atoms with Crippen molar-refractivity contribution in [2.75, 3.05) is 6.61 Å². The summed E-state index contributed by atoms with van der Waals surface area (Å²) >= 11 is 3.46. The maximum atomic E-state index is 11.3. The number of aldehydes is 1. The van der Waals surface area contributed by atoms with Crippen LogP contribution in [0.25, 0.3) is 10.9 Å². The van der Waals surface area contributed by atoms with Gasteiger partial charge in [-0.1, -0.05) is 48.8 Å². The number of hydrogen-bond donors (Lipinski definition) is 0. The number of nitrogens with zero attached hydrogens (tertiary/aromatic N) is 1. The molecule has 3 aromatic rings. The summed E-state index contributed by atoms with van der Waals surface area (Å²) in [5.74, 6) is 0.864. The van der Waals surface area contributed by atoms with Crippen LogP contribution in [0.15, 0.2) is 53.1 Å². The van der Waals surface area contributed by atoms with Crippen LogP contribution < -0.4 is 4.74 Å². The number of ether oxygens (including phenoxy) is 1. The smallest absolute Gasteiger partial charge is 0.152 e. The zero-order valence-electron chi connectivity index (χ0n) is 14.8. The van der Waals surface area contributed by atoms with Crippen molar-refractivity contribution < 1.29 is 9.53 Å². The number of halogens is 1. The molecule has 0 aliphatic rings. The molecule has 0 bridgehead atoms. The van der Waals surface area contributed by atoms with Gasteiger partial charge in [-0.05, 0) is 41.3 Å². The minimum Gasteiger partial charge on any atom is -0.492 e. The molecular formula is C21H22BrNO2. The van der Waals surface area contributed by atoms with E-state index in [9.17, 15) is 4.79 Å². The Bertz CT molecular complexity index is 889. The van der Waals surface area contributed by atoms with Crippen LogP contribution in [0.3, 0.4) is 0 Å². The minimum atomic E-state index is 0.141. The topological polar surface area (TPSA) is 31.2 Å². The molecule has 2 aromatic carbocycles. The Morgan fingerprint density at radius 3 is 2.48 bits per heavy atom. The van der Waals surface area contributed by atoms with Crippen LogP contribution in [0.4, 0.5) is 0 Å². The van der Waals surface area contributed by atoms with Crippen LogP contribution in [0.1, 0.15) is 36.7 Å². The summed E-state index contributed by atoms with van der Waals surface area (Å²) in [6.07, 6.45) is 2.79. The van der Waals surface area contributed by atoms with Crippen molar-refractivity contribution in [1.82, 2.24) is 4.57 Å². The molecule has 0 amide bonds. The van der Waals surface area contributed by atoms with Gasteiger partial charge in [0, 0.05) is 27.1 Å². The molecule has 3 nitrogen and oxygen atoms in total. The van der Waals surface area contributed by atoms with Crippen molar-refractivity contribution in [3.63, 3.8) is 0 Å². The molecule has 3 rings (SSSR count). The summed E-state index contributed by atoms with van der Waals surface area (Å²) in [7, 11) is 0. The molecule has 4 heteroatoms. The van der Waals surface area contributed by atoms with Crippen molar-refractivity contribution in [1.29, 1.82) is 0 Å². The molecule has 25 heavy (non-hydrogen) atoms. The first-order valence-corrected chi connectivity index (χ1v) is 9.15. The van der Waals surface area contributed by atoms with E-state index in [-0.39, 0.29) is 5.41 Å². The number of carbonyl (C=O) groups is 1. The highest BCUT2D eigenvalue weighted by Gasteiger charge is 2.13. The van der Waals surface area contributed by atoms with E-state index in [1.807, 2.05) is 36.5 Å². The second kappa shape index (κ2) is 7.04. The maximum Gasteiger partial charge on any atom is 0.152 e. The van der Waals surface area contributed by atoms with Gasteiger partial charge in [-0.25, -0.2) is 0 Å². The number of hydrogen-bond acceptors (Lipinski definition) is 2. The average Bonchev–Trinajstić information content (AvgIpc) is 2.91. The molecule has 0 N–H and O–H groups in total. The highest BCUT2D eigenvalue weighted by atomic mass is 79.9. The van der Waals surface area contributed by atoms with Crippen LogP contribution in [0.2, 0.25) is 0 Å². The predicted molar refractivity (Wildman–Crippen MR) is 106 cm³/mol. The van der Waals surface area contributed by atoms with Crippen molar-refractivity contribution in [2.24, 2.45) is 0 Å². The lowest BCUT2D eigenvalue weighted by molar-refractivity contribution is 0.112. The fraction of sp³-hybridized carbons (Fsp3) is 0.286. The lowest BCUT2D eigenvalue weighted by atomic mass is 9.87. The standard InChI is InChI=1S/C21H22BrNO2/c1-21(2,3)16-4-7-18(8-5-16)25-11-10-23-13-15(14-24)19-12-17(22)6-9-20(19)23/h4-9,12-14H,10-11H2,1-3H3. The molecule has 0 fully saturated rings. The Morgan fingerprint density at radius 1 is 1.12 bits per heavy atom. The van der Waals surface area contributed by atoms with Crippen molar-refractivity contribution in [2.45, 2.75) is 32.7 Å². The number of fused-ring (bicyclic) bond motifs is 1.